The van der Waals surface area contributed by atoms with Crippen LogP contribution in [0.15, 0.2) is 18.6 Å². The Morgan fingerprint density at radius 3 is 2.88 bits per heavy atom. The number of thiazole rings is 1. The van der Waals surface area contributed by atoms with Gasteiger partial charge in [0.25, 0.3) is 0 Å². The van der Waals surface area contributed by atoms with Gasteiger partial charge in [-0.05, 0) is 45.6 Å². The monoisotopic (exact) mass is 352 g/mol. The minimum Gasteiger partial charge on any atom is -0.444 e. The summed E-state index contributed by atoms with van der Waals surface area (Å²) >= 11 is 1.43. The van der Waals surface area contributed by atoms with Crippen molar-refractivity contribution in [3.63, 3.8) is 0 Å². The van der Waals surface area contributed by atoms with Crippen molar-refractivity contribution >= 4 is 17.4 Å². The van der Waals surface area contributed by atoms with Gasteiger partial charge in [0.2, 0.25) is 5.13 Å². The van der Waals surface area contributed by atoms with Crippen LogP contribution in [0.1, 0.15) is 44.1 Å². The number of carbonyl (C=O) groups excluding carboxylic acids is 1. The lowest BCUT2D eigenvalue weighted by molar-refractivity contribution is 0.132. The van der Waals surface area contributed by atoms with Crippen LogP contribution in [-0.2, 0) is 17.8 Å². The van der Waals surface area contributed by atoms with Crippen molar-refractivity contribution in [2.75, 3.05) is 6.61 Å². The number of hydrogen-bond donors (Lipinski definition) is 2. The van der Waals surface area contributed by atoms with E-state index in [0.717, 1.165) is 34.8 Å². The number of nitrogens with zero attached hydrogens (tertiary/aromatic N) is 3. The highest BCUT2D eigenvalue weighted by Crippen LogP contribution is 2.18. The Morgan fingerprint density at radius 1 is 1.38 bits per heavy atom. The van der Waals surface area contributed by atoms with Crippen molar-refractivity contribution in [3.8, 4) is 5.13 Å². The Hall–Kier alpha value is -1.93. The van der Waals surface area contributed by atoms with Crippen molar-refractivity contribution in [1.29, 1.82) is 0 Å². The summed E-state index contributed by atoms with van der Waals surface area (Å²) in [6.07, 6.45) is 7.61. The van der Waals surface area contributed by atoms with Gasteiger partial charge in [-0.1, -0.05) is 11.3 Å². The van der Waals surface area contributed by atoms with Gasteiger partial charge in [-0.3, -0.25) is 0 Å². The van der Waals surface area contributed by atoms with E-state index in [2.05, 4.69) is 15.4 Å². The Kier molecular flexibility index (Phi) is 6.33. The first kappa shape index (κ1) is 18.4. The lowest BCUT2D eigenvalue weighted by Gasteiger charge is -2.19. The SMILES string of the molecule is CC(C)(C)NC(=O)OCc1cnc(-n2cc(CCCCO)cn2)s1. The molecule has 8 heteroatoms. The number of rotatable bonds is 7. The third kappa shape index (κ3) is 5.93. The van der Waals surface area contributed by atoms with Crippen molar-refractivity contribution < 1.29 is 14.6 Å². The summed E-state index contributed by atoms with van der Waals surface area (Å²) in [5, 5.41) is 16.6. The van der Waals surface area contributed by atoms with E-state index < -0.39 is 6.09 Å². The summed E-state index contributed by atoms with van der Waals surface area (Å²) in [6.45, 7) is 6.09. The van der Waals surface area contributed by atoms with Crippen molar-refractivity contribution in [3.05, 3.63) is 29.0 Å². The molecule has 0 spiro atoms. The van der Waals surface area contributed by atoms with Gasteiger partial charge in [-0.25, -0.2) is 14.5 Å². The standard InChI is InChI=1S/C16H24N4O3S/c1-16(2,3)19-15(22)23-11-13-9-17-14(24-13)20-10-12(8-18-20)6-4-5-7-21/h8-10,21H,4-7,11H2,1-3H3,(H,19,22). The van der Waals surface area contributed by atoms with Crippen molar-refractivity contribution in [2.24, 2.45) is 0 Å². The Balaban J connectivity index is 1.87. The second kappa shape index (κ2) is 8.25. The first-order valence-corrected chi connectivity index (χ1v) is 8.73. The molecule has 0 fully saturated rings. The second-order valence-corrected chi connectivity index (χ2v) is 7.63. The molecule has 7 nitrogen and oxygen atoms in total. The lowest BCUT2D eigenvalue weighted by atomic mass is 10.1. The van der Waals surface area contributed by atoms with E-state index in [9.17, 15) is 4.79 Å². The van der Waals surface area contributed by atoms with E-state index in [1.807, 2.05) is 33.2 Å². The van der Waals surface area contributed by atoms with Crippen molar-refractivity contribution in [2.45, 2.75) is 52.2 Å². The number of aryl methyl sites for hydroxylation is 1. The van der Waals surface area contributed by atoms with Crippen LogP contribution >= 0.6 is 11.3 Å². The van der Waals surface area contributed by atoms with Crippen LogP contribution in [0.5, 0.6) is 0 Å². The van der Waals surface area contributed by atoms with Gasteiger partial charge in [0.05, 0.1) is 11.1 Å². The number of amides is 1. The highest BCUT2D eigenvalue weighted by molar-refractivity contribution is 7.14. The molecule has 0 bridgehead atoms. The molecule has 0 aliphatic rings. The number of aliphatic hydroxyl groups is 1. The second-order valence-electron chi connectivity index (χ2n) is 6.53. The maximum Gasteiger partial charge on any atom is 0.407 e. The number of aromatic nitrogens is 3. The summed E-state index contributed by atoms with van der Waals surface area (Å²) in [7, 11) is 0. The molecule has 24 heavy (non-hydrogen) atoms. The zero-order valence-electron chi connectivity index (χ0n) is 14.3. The van der Waals surface area contributed by atoms with Crippen LogP contribution in [0, 0.1) is 0 Å². The predicted octanol–water partition coefficient (Wildman–Crippen LogP) is 2.67. The van der Waals surface area contributed by atoms with Gasteiger partial charge in [0, 0.05) is 24.5 Å². The molecule has 0 atom stereocenters. The molecule has 1 amide bonds. The molecule has 0 radical (unpaired) electrons. The van der Waals surface area contributed by atoms with E-state index in [-0.39, 0.29) is 18.8 Å². The lowest BCUT2D eigenvalue weighted by Crippen LogP contribution is -2.40. The number of hydrogen-bond acceptors (Lipinski definition) is 6. The minimum absolute atomic E-state index is 0.185. The first-order chi connectivity index (χ1) is 11.4. The summed E-state index contributed by atoms with van der Waals surface area (Å²) in [6, 6.07) is 0. The van der Waals surface area contributed by atoms with E-state index in [4.69, 9.17) is 9.84 Å². The molecule has 0 saturated carbocycles. The van der Waals surface area contributed by atoms with E-state index >= 15 is 0 Å². The fourth-order valence-corrected chi connectivity index (χ4v) is 2.74. The summed E-state index contributed by atoms with van der Waals surface area (Å²) in [4.78, 5) is 16.8. The van der Waals surface area contributed by atoms with E-state index in [1.165, 1.54) is 11.3 Å². The molecule has 0 aliphatic heterocycles. The first-order valence-electron chi connectivity index (χ1n) is 7.92. The molecule has 132 valence electrons. The third-order valence-electron chi connectivity index (χ3n) is 3.07. The number of carbonyl (C=O) groups is 1. The average molecular weight is 352 g/mol. The normalized spacial score (nSPS) is 11.5. The largest absolute Gasteiger partial charge is 0.444 e. The van der Waals surface area contributed by atoms with Crippen molar-refractivity contribution in [1.82, 2.24) is 20.1 Å². The Morgan fingerprint density at radius 2 is 2.17 bits per heavy atom. The van der Waals surface area contributed by atoms with Crippen LogP contribution in [0.25, 0.3) is 5.13 Å². The number of alkyl carbamates (subject to hydrolysis) is 1. The van der Waals surface area contributed by atoms with Crippen LogP contribution in [0.2, 0.25) is 0 Å². The number of unbranched alkanes of at least 4 members (excludes halogenated alkanes) is 1. The molecular formula is C16H24N4O3S. The Labute approximate surface area is 145 Å². The van der Waals surface area contributed by atoms with Gasteiger partial charge >= 0.3 is 6.09 Å². The maximum absolute atomic E-state index is 11.7. The molecule has 0 saturated heterocycles. The van der Waals surface area contributed by atoms with Gasteiger partial charge in [0.15, 0.2) is 0 Å². The number of aliphatic hydroxyl groups excluding tert-OH is 1. The summed E-state index contributed by atoms with van der Waals surface area (Å²) < 4.78 is 6.91. The van der Waals surface area contributed by atoms with Gasteiger partial charge in [-0.2, -0.15) is 5.10 Å². The van der Waals surface area contributed by atoms with Gasteiger partial charge < -0.3 is 15.2 Å². The average Bonchev–Trinajstić information content (AvgIpc) is 3.12. The van der Waals surface area contributed by atoms with Crippen LogP contribution in [0.3, 0.4) is 0 Å². The van der Waals surface area contributed by atoms with Crippen LogP contribution in [-0.4, -0.2) is 38.1 Å². The van der Waals surface area contributed by atoms with Crippen LogP contribution < -0.4 is 5.32 Å². The van der Waals surface area contributed by atoms with E-state index in [0.29, 0.717) is 0 Å². The highest BCUT2D eigenvalue weighted by atomic mass is 32.1. The molecule has 2 rings (SSSR count). The highest BCUT2D eigenvalue weighted by Gasteiger charge is 2.15. The molecule has 0 unspecified atom stereocenters. The molecule has 0 aromatic carbocycles. The van der Waals surface area contributed by atoms with E-state index in [1.54, 1.807) is 10.9 Å². The molecule has 2 N–H and O–H groups in total. The van der Waals surface area contributed by atoms with Gasteiger partial charge in [-0.15, -0.1) is 0 Å². The minimum atomic E-state index is -0.442. The third-order valence-corrected chi connectivity index (χ3v) is 4.03. The quantitative estimate of drug-likeness (QED) is 0.748. The fourth-order valence-electron chi connectivity index (χ4n) is 1.98. The number of ether oxygens (including phenoxy) is 1. The van der Waals surface area contributed by atoms with Crippen LogP contribution in [0.4, 0.5) is 4.79 Å². The summed E-state index contributed by atoms with van der Waals surface area (Å²) in [5.74, 6) is 0. The van der Waals surface area contributed by atoms with Gasteiger partial charge in [0.1, 0.15) is 6.61 Å². The topological polar surface area (TPSA) is 89.3 Å². The Bertz CT molecular complexity index is 660. The molecular weight excluding hydrogens is 328 g/mol. The zero-order chi connectivity index (χ0) is 17.6. The fraction of sp³-hybridized carbons (Fsp3) is 0.562. The molecule has 2 heterocycles. The maximum atomic E-state index is 11.7. The molecule has 0 aliphatic carbocycles. The molecule has 2 aromatic heterocycles. The molecule has 2 aromatic rings. The zero-order valence-corrected chi connectivity index (χ0v) is 15.1. The smallest absolute Gasteiger partial charge is 0.407 e. The predicted molar refractivity (Wildman–Crippen MR) is 92.3 cm³/mol. The number of nitrogens with one attached hydrogen (secondary N) is 1. The summed E-state index contributed by atoms with van der Waals surface area (Å²) in [5.41, 5.74) is 0.790.